The second kappa shape index (κ2) is 9.03. The molecule has 0 aliphatic carbocycles. The lowest BCUT2D eigenvalue weighted by molar-refractivity contribution is 0.0341. The van der Waals surface area contributed by atoms with Gasteiger partial charge in [0.05, 0.1) is 23.7 Å². The van der Waals surface area contributed by atoms with Crippen molar-refractivity contribution in [3.8, 4) is 17.2 Å². The van der Waals surface area contributed by atoms with Gasteiger partial charge < -0.3 is 4.74 Å². The lowest BCUT2D eigenvalue weighted by Gasteiger charge is -2.27. The molecule has 1 saturated heterocycles. The van der Waals surface area contributed by atoms with Gasteiger partial charge in [0.15, 0.2) is 5.65 Å². The summed E-state index contributed by atoms with van der Waals surface area (Å²) < 4.78 is 33.2. The smallest absolute Gasteiger partial charge is 0.269 e. The SMILES string of the molecule is Cc1cc(-c2ccnc3c2c(C#N)cn3S(=O)(=O)c2ccccc2)ccc1CN1CCOCC1. The van der Waals surface area contributed by atoms with Gasteiger partial charge in [0.25, 0.3) is 10.0 Å². The molecule has 0 N–H and O–H groups in total. The summed E-state index contributed by atoms with van der Waals surface area (Å²) in [5.74, 6) is 0. The lowest BCUT2D eigenvalue weighted by atomic mass is 9.97. The Labute approximate surface area is 198 Å². The molecule has 5 rings (SSSR count). The summed E-state index contributed by atoms with van der Waals surface area (Å²) in [5, 5.41) is 10.4. The number of rotatable bonds is 5. The van der Waals surface area contributed by atoms with Crippen LogP contribution in [-0.2, 0) is 21.3 Å². The fourth-order valence-electron chi connectivity index (χ4n) is 4.38. The summed E-state index contributed by atoms with van der Waals surface area (Å²) in [7, 11) is -3.90. The van der Waals surface area contributed by atoms with Crippen LogP contribution in [0.25, 0.3) is 22.2 Å². The van der Waals surface area contributed by atoms with Crippen LogP contribution < -0.4 is 0 Å². The zero-order chi connectivity index (χ0) is 23.7. The largest absolute Gasteiger partial charge is 0.379 e. The van der Waals surface area contributed by atoms with Gasteiger partial charge in [0.1, 0.15) is 6.07 Å². The number of aromatic nitrogens is 2. The lowest BCUT2D eigenvalue weighted by Crippen LogP contribution is -2.35. The quantitative estimate of drug-likeness (QED) is 0.437. The van der Waals surface area contributed by atoms with E-state index in [1.165, 1.54) is 23.9 Å². The third-order valence-corrected chi connectivity index (χ3v) is 7.89. The van der Waals surface area contributed by atoms with Gasteiger partial charge in [-0.15, -0.1) is 0 Å². The highest BCUT2D eigenvalue weighted by molar-refractivity contribution is 7.90. The molecule has 34 heavy (non-hydrogen) atoms. The molecule has 2 aromatic heterocycles. The molecular formula is C26H24N4O3S. The normalized spacial score (nSPS) is 14.8. The van der Waals surface area contributed by atoms with Crippen molar-refractivity contribution < 1.29 is 13.2 Å². The number of aryl methyl sites for hydroxylation is 1. The Hall–Kier alpha value is -3.51. The average Bonchev–Trinajstić information content (AvgIpc) is 3.26. The van der Waals surface area contributed by atoms with E-state index in [9.17, 15) is 13.7 Å². The molecule has 8 heteroatoms. The Morgan fingerprint density at radius 2 is 1.85 bits per heavy atom. The molecule has 0 atom stereocenters. The van der Waals surface area contributed by atoms with Crippen LogP contribution in [0.1, 0.15) is 16.7 Å². The minimum absolute atomic E-state index is 0.145. The van der Waals surface area contributed by atoms with Crippen LogP contribution in [0.5, 0.6) is 0 Å². The van der Waals surface area contributed by atoms with Crippen LogP contribution in [0, 0.1) is 18.3 Å². The summed E-state index contributed by atoms with van der Waals surface area (Å²) in [5.41, 5.74) is 4.59. The molecule has 3 heterocycles. The summed E-state index contributed by atoms with van der Waals surface area (Å²) >= 11 is 0. The topological polar surface area (TPSA) is 88.2 Å². The fourth-order valence-corrected chi connectivity index (χ4v) is 5.72. The van der Waals surface area contributed by atoms with Crippen molar-refractivity contribution in [2.24, 2.45) is 0 Å². The number of pyridine rings is 1. The maximum atomic E-state index is 13.3. The number of fused-ring (bicyclic) bond motifs is 1. The highest BCUT2D eigenvalue weighted by atomic mass is 32.2. The molecule has 2 aromatic carbocycles. The van der Waals surface area contributed by atoms with Gasteiger partial charge in [-0.3, -0.25) is 4.90 Å². The first-order valence-electron chi connectivity index (χ1n) is 11.1. The number of benzene rings is 2. The van der Waals surface area contributed by atoms with Crippen LogP contribution in [0.2, 0.25) is 0 Å². The molecule has 0 radical (unpaired) electrons. The first kappa shape index (κ1) is 22.3. The fraction of sp³-hybridized carbons (Fsp3) is 0.231. The summed E-state index contributed by atoms with van der Waals surface area (Å²) in [6.45, 7) is 6.28. The van der Waals surface area contributed by atoms with Crippen molar-refractivity contribution >= 4 is 21.1 Å². The minimum atomic E-state index is -3.90. The van der Waals surface area contributed by atoms with Gasteiger partial charge in [-0.05, 0) is 47.4 Å². The van der Waals surface area contributed by atoms with Crippen LogP contribution in [0.4, 0.5) is 0 Å². The van der Waals surface area contributed by atoms with E-state index in [1.54, 1.807) is 24.4 Å². The van der Waals surface area contributed by atoms with Crippen molar-refractivity contribution in [1.82, 2.24) is 13.9 Å². The first-order valence-corrected chi connectivity index (χ1v) is 12.5. The van der Waals surface area contributed by atoms with Gasteiger partial charge in [0.2, 0.25) is 0 Å². The molecule has 172 valence electrons. The highest BCUT2D eigenvalue weighted by Crippen LogP contribution is 2.34. The third kappa shape index (κ3) is 3.99. The van der Waals surface area contributed by atoms with E-state index in [0.717, 1.165) is 53.5 Å². The molecule has 0 saturated carbocycles. The number of nitriles is 1. The molecule has 7 nitrogen and oxygen atoms in total. The van der Waals surface area contributed by atoms with Crippen molar-refractivity contribution in [2.75, 3.05) is 26.3 Å². The van der Waals surface area contributed by atoms with Crippen molar-refractivity contribution in [2.45, 2.75) is 18.4 Å². The molecule has 0 bridgehead atoms. The Kier molecular flexibility index (Phi) is 5.92. The molecule has 0 amide bonds. The van der Waals surface area contributed by atoms with Crippen molar-refractivity contribution in [1.29, 1.82) is 5.26 Å². The van der Waals surface area contributed by atoms with E-state index in [2.05, 4.69) is 35.0 Å². The zero-order valence-corrected chi connectivity index (χ0v) is 19.6. The van der Waals surface area contributed by atoms with Gasteiger partial charge >= 0.3 is 0 Å². The third-order valence-electron chi connectivity index (χ3n) is 6.23. The van der Waals surface area contributed by atoms with Crippen molar-refractivity contribution in [3.05, 3.63) is 83.7 Å². The summed E-state index contributed by atoms with van der Waals surface area (Å²) in [4.78, 5) is 6.88. The summed E-state index contributed by atoms with van der Waals surface area (Å²) in [6.07, 6.45) is 2.95. The average molecular weight is 473 g/mol. The van der Waals surface area contributed by atoms with Crippen LogP contribution in [0.15, 0.2) is 71.9 Å². The zero-order valence-electron chi connectivity index (χ0n) is 18.8. The number of ether oxygens (including phenoxy) is 1. The highest BCUT2D eigenvalue weighted by Gasteiger charge is 2.24. The number of nitrogens with zero attached hydrogens (tertiary/aromatic N) is 4. The Morgan fingerprint density at radius 1 is 1.09 bits per heavy atom. The number of morpholine rings is 1. The maximum absolute atomic E-state index is 13.3. The number of hydrogen-bond donors (Lipinski definition) is 0. The second-order valence-corrected chi connectivity index (χ2v) is 10.2. The van der Waals surface area contributed by atoms with E-state index < -0.39 is 10.0 Å². The predicted molar refractivity (Wildman–Crippen MR) is 130 cm³/mol. The first-order chi connectivity index (χ1) is 16.5. The number of hydrogen-bond acceptors (Lipinski definition) is 6. The standard InChI is InChI=1S/C26H24N4O3S/c1-19-15-20(7-8-21(19)17-29-11-13-33-14-12-29)24-9-10-28-26-25(24)22(16-27)18-30(26)34(31,32)23-5-3-2-4-6-23/h2-10,15,18H,11-14,17H2,1H3. The minimum Gasteiger partial charge on any atom is -0.379 e. The van der Waals surface area contributed by atoms with E-state index in [1.807, 2.05) is 12.1 Å². The van der Waals surface area contributed by atoms with E-state index >= 15 is 0 Å². The Morgan fingerprint density at radius 3 is 2.56 bits per heavy atom. The molecule has 0 unspecified atom stereocenters. The van der Waals surface area contributed by atoms with Crippen molar-refractivity contribution in [3.63, 3.8) is 0 Å². The molecular weight excluding hydrogens is 448 g/mol. The Balaban J connectivity index is 1.59. The van der Waals surface area contributed by atoms with Crippen LogP contribution in [0.3, 0.4) is 0 Å². The maximum Gasteiger partial charge on any atom is 0.269 e. The predicted octanol–water partition coefficient (Wildman–Crippen LogP) is 3.95. The second-order valence-electron chi connectivity index (χ2n) is 8.36. The monoisotopic (exact) mass is 472 g/mol. The molecule has 1 aliphatic heterocycles. The van der Waals surface area contributed by atoms with Crippen LogP contribution in [-0.4, -0.2) is 48.6 Å². The van der Waals surface area contributed by atoms with Gasteiger partial charge in [-0.2, -0.15) is 5.26 Å². The molecule has 0 spiro atoms. The molecule has 1 aliphatic rings. The van der Waals surface area contributed by atoms with E-state index in [4.69, 9.17) is 4.74 Å². The van der Waals surface area contributed by atoms with Gasteiger partial charge in [-0.1, -0.05) is 36.4 Å². The van der Waals surface area contributed by atoms with Gasteiger partial charge in [-0.25, -0.2) is 17.4 Å². The van der Waals surface area contributed by atoms with Crippen LogP contribution >= 0.6 is 0 Å². The van der Waals surface area contributed by atoms with E-state index in [0.29, 0.717) is 5.39 Å². The summed E-state index contributed by atoms with van der Waals surface area (Å²) in [6, 6.07) is 18.4. The molecule has 4 aromatic rings. The molecule has 1 fully saturated rings. The Bertz CT molecular complexity index is 1500. The van der Waals surface area contributed by atoms with Gasteiger partial charge in [0, 0.05) is 37.4 Å². The van der Waals surface area contributed by atoms with E-state index in [-0.39, 0.29) is 16.1 Å².